The van der Waals surface area contributed by atoms with E-state index < -0.39 is 10.8 Å². The lowest BCUT2D eigenvalue weighted by molar-refractivity contribution is -0.136. The van der Waals surface area contributed by atoms with Gasteiger partial charge < -0.3 is 5.11 Å². The Kier molecular flexibility index (Phi) is 3.59. The molecule has 0 aromatic heterocycles. The maximum atomic E-state index is 10.6. The summed E-state index contributed by atoms with van der Waals surface area (Å²) in [6.07, 6.45) is 0. The molecule has 70 valence electrons. The van der Waals surface area contributed by atoms with Crippen LogP contribution in [0.3, 0.4) is 0 Å². The molecule has 0 saturated heterocycles. The first-order chi connectivity index (χ1) is 6.00. The fourth-order valence-corrected chi connectivity index (χ4v) is 1.67. The smallest absolute Gasteiger partial charge is 0.321 e. The number of rotatable bonds is 2. The van der Waals surface area contributed by atoms with Crippen LogP contribution in [0.4, 0.5) is 0 Å². The van der Waals surface area contributed by atoms with Gasteiger partial charge >= 0.3 is 5.97 Å². The highest BCUT2D eigenvalue weighted by Crippen LogP contribution is 2.28. The van der Waals surface area contributed by atoms with Crippen LogP contribution in [0.15, 0.2) is 18.2 Å². The van der Waals surface area contributed by atoms with Gasteiger partial charge in [-0.3, -0.25) is 4.79 Å². The third-order valence-electron chi connectivity index (χ3n) is 1.39. The van der Waals surface area contributed by atoms with Gasteiger partial charge in [0.15, 0.2) is 0 Å². The molecule has 0 amide bonds. The van der Waals surface area contributed by atoms with Gasteiger partial charge in [0, 0.05) is 10.0 Å². The molecule has 0 saturated carbocycles. The van der Waals surface area contributed by atoms with E-state index in [0.29, 0.717) is 15.6 Å². The number of hydrogen-bond donors (Lipinski definition) is 1. The minimum absolute atomic E-state index is 0.424. The van der Waals surface area contributed by atoms with Gasteiger partial charge in [-0.15, -0.1) is 0 Å². The van der Waals surface area contributed by atoms with Crippen LogP contribution in [-0.2, 0) is 4.79 Å². The van der Waals surface area contributed by atoms with Gasteiger partial charge in [0.05, 0.1) is 0 Å². The Morgan fingerprint density at radius 2 is 1.77 bits per heavy atom. The zero-order chi connectivity index (χ0) is 10.0. The summed E-state index contributed by atoms with van der Waals surface area (Å²) in [4.78, 5) is 9.81. The Morgan fingerprint density at radius 3 is 2.15 bits per heavy atom. The first kappa shape index (κ1) is 10.8. The molecule has 0 aliphatic rings. The van der Waals surface area contributed by atoms with Gasteiger partial charge in [-0.1, -0.05) is 39.1 Å². The molecule has 0 fully saturated rings. The van der Waals surface area contributed by atoms with Gasteiger partial charge in [0.1, 0.15) is 4.83 Å². The summed E-state index contributed by atoms with van der Waals surface area (Å²) in [5.74, 6) is -0.974. The van der Waals surface area contributed by atoms with Crippen molar-refractivity contribution in [2.75, 3.05) is 0 Å². The number of carbonyl (C=O) groups is 1. The quantitative estimate of drug-likeness (QED) is 0.844. The minimum Gasteiger partial charge on any atom is -0.480 e. The normalized spacial score (nSPS) is 12.5. The second-order valence-corrected chi connectivity index (χ2v) is 4.19. The lowest BCUT2D eigenvalue weighted by atomic mass is 10.1. The van der Waals surface area contributed by atoms with E-state index in [4.69, 9.17) is 28.3 Å². The van der Waals surface area contributed by atoms with Crippen molar-refractivity contribution in [3.63, 3.8) is 0 Å². The van der Waals surface area contributed by atoms with E-state index in [1.54, 1.807) is 18.2 Å². The van der Waals surface area contributed by atoms with E-state index in [9.17, 15) is 4.79 Å². The molecule has 1 aromatic carbocycles. The van der Waals surface area contributed by atoms with Crippen molar-refractivity contribution in [3.8, 4) is 0 Å². The average Bonchev–Trinajstić information content (AvgIpc) is 2.01. The van der Waals surface area contributed by atoms with Crippen LogP contribution in [-0.4, -0.2) is 11.1 Å². The van der Waals surface area contributed by atoms with E-state index in [2.05, 4.69) is 15.9 Å². The number of aliphatic carboxylic acids is 1. The van der Waals surface area contributed by atoms with Crippen LogP contribution in [0.5, 0.6) is 0 Å². The predicted octanol–water partition coefficient (Wildman–Crippen LogP) is 3.51. The zero-order valence-corrected chi connectivity index (χ0v) is 9.40. The van der Waals surface area contributed by atoms with Crippen LogP contribution >= 0.6 is 39.1 Å². The van der Waals surface area contributed by atoms with Crippen molar-refractivity contribution >= 4 is 45.1 Å². The molecule has 1 rings (SSSR count). The van der Waals surface area contributed by atoms with Gasteiger partial charge in [-0.2, -0.15) is 0 Å². The molecular weight excluding hydrogens is 279 g/mol. The molecular formula is C8H5BrCl2O2. The average molecular weight is 284 g/mol. The van der Waals surface area contributed by atoms with Gasteiger partial charge in [-0.25, -0.2) is 0 Å². The molecule has 0 spiro atoms. The number of carboxylic acid groups (broad SMARTS) is 1. The van der Waals surface area contributed by atoms with Crippen LogP contribution in [0, 0.1) is 0 Å². The zero-order valence-electron chi connectivity index (χ0n) is 6.30. The summed E-state index contributed by atoms with van der Waals surface area (Å²) in [7, 11) is 0. The van der Waals surface area contributed by atoms with Crippen molar-refractivity contribution in [1.29, 1.82) is 0 Å². The Bertz CT molecular complexity index is 321. The first-order valence-corrected chi connectivity index (χ1v) is 5.00. The largest absolute Gasteiger partial charge is 0.480 e. The molecule has 0 aliphatic heterocycles. The Labute approximate surface area is 93.6 Å². The van der Waals surface area contributed by atoms with E-state index in [-0.39, 0.29) is 0 Å². The second-order valence-electron chi connectivity index (χ2n) is 2.40. The topological polar surface area (TPSA) is 37.3 Å². The predicted molar refractivity (Wildman–Crippen MR) is 55.8 cm³/mol. The van der Waals surface area contributed by atoms with Gasteiger partial charge in [0.25, 0.3) is 0 Å². The van der Waals surface area contributed by atoms with E-state index >= 15 is 0 Å². The van der Waals surface area contributed by atoms with Crippen molar-refractivity contribution in [2.24, 2.45) is 0 Å². The van der Waals surface area contributed by atoms with Crippen LogP contribution in [0.25, 0.3) is 0 Å². The monoisotopic (exact) mass is 282 g/mol. The molecule has 0 radical (unpaired) electrons. The second kappa shape index (κ2) is 4.31. The number of alkyl halides is 1. The molecule has 1 aromatic rings. The molecule has 0 aliphatic carbocycles. The highest BCUT2D eigenvalue weighted by Gasteiger charge is 2.16. The third kappa shape index (κ3) is 2.86. The maximum absolute atomic E-state index is 10.6. The van der Waals surface area contributed by atoms with E-state index in [1.165, 1.54) is 0 Å². The summed E-state index contributed by atoms with van der Waals surface area (Å²) in [5, 5.41) is 9.53. The standard InChI is InChI=1S/C8H5BrCl2O2/c9-7(8(12)13)4-1-5(10)3-6(11)2-4/h1-3,7H,(H,12,13). The summed E-state index contributed by atoms with van der Waals surface area (Å²) < 4.78 is 0. The molecule has 0 bridgehead atoms. The first-order valence-electron chi connectivity index (χ1n) is 3.33. The molecule has 5 heteroatoms. The number of carboxylic acids is 1. The molecule has 1 N–H and O–H groups in total. The summed E-state index contributed by atoms with van der Waals surface area (Å²) >= 11 is 14.4. The lowest BCUT2D eigenvalue weighted by Crippen LogP contribution is -2.04. The number of hydrogen-bond acceptors (Lipinski definition) is 1. The van der Waals surface area contributed by atoms with Gasteiger partial charge in [-0.05, 0) is 23.8 Å². The summed E-state index contributed by atoms with van der Waals surface area (Å²) in [6, 6.07) is 4.66. The Balaban J connectivity index is 3.07. The van der Waals surface area contributed by atoms with Crippen LogP contribution in [0.2, 0.25) is 10.0 Å². The number of benzene rings is 1. The summed E-state index contributed by atoms with van der Waals surface area (Å²) in [6.45, 7) is 0. The summed E-state index contributed by atoms with van der Waals surface area (Å²) in [5.41, 5.74) is 0.532. The fourth-order valence-electron chi connectivity index (χ4n) is 0.864. The number of halogens is 3. The van der Waals surface area contributed by atoms with Crippen LogP contribution in [0.1, 0.15) is 10.4 Å². The van der Waals surface area contributed by atoms with E-state index in [1.807, 2.05) is 0 Å². The minimum atomic E-state index is -0.974. The Morgan fingerprint density at radius 1 is 1.31 bits per heavy atom. The molecule has 1 unspecified atom stereocenters. The molecule has 0 heterocycles. The van der Waals surface area contributed by atoms with Gasteiger partial charge in [0.2, 0.25) is 0 Å². The highest BCUT2D eigenvalue weighted by atomic mass is 79.9. The van der Waals surface area contributed by atoms with Crippen molar-refractivity contribution in [1.82, 2.24) is 0 Å². The molecule has 2 nitrogen and oxygen atoms in total. The van der Waals surface area contributed by atoms with Crippen molar-refractivity contribution in [2.45, 2.75) is 4.83 Å². The van der Waals surface area contributed by atoms with Crippen molar-refractivity contribution in [3.05, 3.63) is 33.8 Å². The molecule has 1 atom stereocenters. The third-order valence-corrected chi connectivity index (χ3v) is 2.75. The molecule has 13 heavy (non-hydrogen) atoms. The lowest BCUT2D eigenvalue weighted by Gasteiger charge is -2.05. The Hall–Kier alpha value is -0.250. The van der Waals surface area contributed by atoms with E-state index in [0.717, 1.165) is 0 Å². The fraction of sp³-hybridized carbons (Fsp3) is 0.125. The maximum Gasteiger partial charge on any atom is 0.321 e. The van der Waals surface area contributed by atoms with Crippen LogP contribution < -0.4 is 0 Å². The highest BCUT2D eigenvalue weighted by molar-refractivity contribution is 9.09. The van der Waals surface area contributed by atoms with Crippen molar-refractivity contribution < 1.29 is 9.90 Å². The SMILES string of the molecule is O=C(O)C(Br)c1cc(Cl)cc(Cl)c1.